The van der Waals surface area contributed by atoms with Crippen LogP contribution in [0.5, 0.6) is 0 Å². The second-order valence-electron chi connectivity index (χ2n) is 7.18. The van der Waals surface area contributed by atoms with Crippen molar-refractivity contribution >= 4 is 35.1 Å². The summed E-state index contributed by atoms with van der Waals surface area (Å²) in [7, 11) is 0. The minimum absolute atomic E-state index is 0.653. The topological polar surface area (TPSA) is 130 Å². The van der Waals surface area contributed by atoms with E-state index in [4.69, 9.17) is 43.6 Å². The standard InChI is InChI=1S/C15H20Cl2N2.C4H6O6/c16-14-6-1-3-11(15(14)17)10-19(12-4-2-5-12)13-7-8-18-9-13;5-1(3(7)8)2(6)4(9)10/h1,3,6,12-13,18H,2,4-5,7-10H2;1-2,5-6H,(H,7,8)(H,9,10)/t13-;/m0./s1. The van der Waals surface area contributed by atoms with E-state index in [1.165, 1.54) is 25.7 Å². The highest BCUT2D eigenvalue weighted by Gasteiger charge is 2.32. The molecule has 0 radical (unpaired) electrons. The molecular formula is C19H26Cl2N2O6. The lowest BCUT2D eigenvalue weighted by Crippen LogP contribution is -2.47. The molecule has 1 aromatic carbocycles. The van der Waals surface area contributed by atoms with Gasteiger partial charge in [0.1, 0.15) is 0 Å². The maximum absolute atomic E-state index is 9.77. The summed E-state index contributed by atoms with van der Waals surface area (Å²) < 4.78 is 0. The van der Waals surface area contributed by atoms with Crippen molar-refractivity contribution < 1.29 is 30.0 Å². The molecule has 0 aromatic heterocycles. The van der Waals surface area contributed by atoms with Crippen molar-refractivity contribution in [1.29, 1.82) is 0 Å². The summed E-state index contributed by atoms with van der Waals surface area (Å²) in [5.74, 6) is -3.54. The molecule has 162 valence electrons. The van der Waals surface area contributed by atoms with Gasteiger partial charge in [-0.3, -0.25) is 4.90 Å². The fourth-order valence-electron chi connectivity index (χ4n) is 3.33. The number of nitrogens with zero attached hydrogens (tertiary/aromatic N) is 1. The number of halogens is 2. The van der Waals surface area contributed by atoms with Crippen LogP contribution in [0.2, 0.25) is 10.0 Å². The van der Waals surface area contributed by atoms with Gasteiger partial charge in [0.15, 0.2) is 12.2 Å². The smallest absolute Gasteiger partial charge is 0.335 e. The Kier molecular flexibility index (Phi) is 9.13. The molecule has 2 fully saturated rings. The molecule has 1 aromatic rings. The first-order valence-corrected chi connectivity index (χ1v) is 10.2. The first-order valence-electron chi connectivity index (χ1n) is 9.43. The largest absolute Gasteiger partial charge is 0.479 e. The first-order chi connectivity index (χ1) is 13.7. The number of carboxylic acid groups (broad SMARTS) is 2. The first kappa shape index (κ1) is 23.9. The van der Waals surface area contributed by atoms with Gasteiger partial charge in [-0.25, -0.2) is 9.59 Å². The van der Waals surface area contributed by atoms with Gasteiger partial charge in [0, 0.05) is 25.2 Å². The summed E-state index contributed by atoms with van der Waals surface area (Å²) in [6, 6.07) is 7.34. The van der Waals surface area contributed by atoms with E-state index in [1.54, 1.807) is 0 Å². The van der Waals surface area contributed by atoms with Crippen LogP contribution in [0.15, 0.2) is 18.2 Å². The monoisotopic (exact) mass is 448 g/mol. The van der Waals surface area contributed by atoms with E-state index in [2.05, 4.69) is 16.3 Å². The van der Waals surface area contributed by atoms with Gasteiger partial charge >= 0.3 is 11.9 Å². The Labute approximate surface area is 179 Å². The molecule has 1 saturated carbocycles. The number of hydrogen-bond acceptors (Lipinski definition) is 6. The minimum Gasteiger partial charge on any atom is -0.479 e. The van der Waals surface area contributed by atoms with E-state index >= 15 is 0 Å². The third-order valence-corrected chi connectivity index (χ3v) is 6.09. The second kappa shape index (κ2) is 11.1. The van der Waals surface area contributed by atoms with E-state index in [1.807, 2.05) is 12.1 Å². The molecule has 0 spiro atoms. The number of benzene rings is 1. The van der Waals surface area contributed by atoms with Gasteiger partial charge in [-0.15, -0.1) is 0 Å². The summed E-state index contributed by atoms with van der Waals surface area (Å²) in [5, 5.41) is 37.4. The van der Waals surface area contributed by atoms with Crippen LogP contribution in [0, 0.1) is 0 Å². The molecule has 1 saturated heterocycles. The number of rotatable bonds is 7. The van der Waals surface area contributed by atoms with Crippen LogP contribution in [0.3, 0.4) is 0 Å². The van der Waals surface area contributed by atoms with Crippen molar-refractivity contribution in [3.8, 4) is 0 Å². The lowest BCUT2D eigenvalue weighted by molar-refractivity contribution is -0.165. The Bertz CT molecular complexity index is 692. The van der Waals surface area contributed by atoms with Crippen LogP contribution in [-0.2, 0) is 16.1 Å². The van der Waals surface area contributed by atoms with Crippen molar-refractivity contribution in [3.05, 3.63) is 33.8 Å². The van der Waals surface area contributed by atoms with Crippen molar-refractivity contribution in [1.82, 2.24) is 10.2 Å². The molecule has 2 unspecified atom stereocenters. The van der Waals surface area contributed by atoms with Gasteiger partial charge < -0.3 is 25.7 Å². The zero-order chi connectivity index (χ0) is 21.6. The molecule has 1 aliphatic carbocycles. The maximum Gasteiger partial charge on any atom is 0.335 e. The van der Waals surface area contributed by atoms with Crippen molar-refractivity contribution in [2.24, 2.45) is 0 Å². The van der Waals surface area contributed by atoms with Crippen LogP contribution in [0.1, 0.15) is 31.2 Å². The Morgan fingerprint density at radius 1 is 1.07 bits per heavy atom. The van der Waals surface area contributed by atoms with Crippen molar-refractivity contribution in [3.63, 3.8) is 0 Å². The number of carboxylic acids is 2. The molecule has 0 amide bonds. The molecule has 1 aliphatic heterocycles. The number of aliphatic carboxylic acids is 2. The Morgan fingerprint density at radius 3 is 2.14 bits per heavy atom. The van der Waals surface area contributed by atoms with Gasteiger partial charge in [0.05, 0.1) is 10.0 Å². The molecule has 8 nitrogen and oxygen atoms in total. The summed E-state index contributed by atoms with van der Waals surface area (Å²) >= 11 is 12.5. The van der Waals surface area contributed by atoms with E-state index < -0.39 is 24.1 Å². The van der Waals surface area contributed by atoms with Crippen LogP contribution in [0.4, 0.5) is 0 Å². The highest BCUT2D eigenvalue weighted by atomic mass is 35.5. The number of carbonyl (C=O) groups is 2. The lowest BCUT2D eigenvalue weighted by Gasteiger charge is -2.41. The molecule has 0 bridgehead atoms. The molecular weight excluding hydrogens is 423 g/mol. The zero-order valence-electron chi connectivity index (χ0n) is 15.8. The number of aliphatic hydroxyl groups excluding tert-OH is 2. The molecule has 1 heterocycles. The summed E-state index contributed by atoms with van der Waals surface area (Å²) in [4.78, 5) is 22.2. The molecule has 10 heteroatoms. The van der Waals surface area contributed by atoms with Crippen LogP contribution in [-0.4, -0.2) is 74.6 Å². The predicted molar refractivity (Wildman–Crippen MR) is 108 cm³/mol. The van der Waals surface area contributed by atoms with Crippen LogP contribution >= 0.6 is 23.2 Å². The number of hydrogen-bond donors (Lipinski definition) is 5. The van der Waals surface area contributed by atoms with E-state index in [9.17, 15) is 9.59 Å². The molecule has 29 heavy (non-hydrogen) atoms. The maximum atomic E-state index is 9.77. The molecule has 2 aliphatic rings. The minimum atomic E-state index is -2.27. The average molecular weight is 449 g/mol. The number of aliphatic hydroxyl groups is 2. The highest BCUT2D eigenvalue weighted by Crippen LogP contribution is 2.32. The van der Waals surface area contributed by atoms with Crippen molar-refractivity contribution in [2.75, 3.05) is 13.1 Å². The van der Waals surface area contributed by atoms with E-state index in [0.29, 0.717) is 11.1 Å². The normalized spacial score (nSPS) is 21.1. The lowest BCUT2D eigenvalue weighted by atomic mass is 9.89. The van der Waals surface area contributed by atoms with Gasteiger partial charge in [0.25, 0.3) is 0 Å². The molecule has 5 N–H and O–H groups in total. The average Bonchev–Trinajstić information content (AvgIpc) is 3.17. The highest BCUT2D eigenvalue weighted by molar-refractivity contribution is 6.42. The fraction of sp³-hybridized carbons (Fsp3) is 0.579. The molecule has 3 atom stereocenters. The van der Waals surface area contributed by atoms with E-state index in [0.717, 1.165) is 36.3 Å². The number of nitrogens with one attached hydrogen (secondary N) is 1. The van der Waals surface area contributed by atoms with Gasteiger partial charge in [-0.1, -0.05) is 41.8 Å². The predicted octanol–water partition coefficient (Wildman–Crippen LogP) is 1.59. The summed E-state index contributed by atoms with van der Waals surface area (Å²) in [5.41, 5.74) is 1.16. The van der Waals surface area contributed by atoms with Gasteiger partial charge in [-0.2, -0.15) is 0 Å². The van der Waals surface area contributed by atoms with E-state index in [-0.39, 0.29) is 0 Å². The fourth-order valence-corrected chi connectivity index (χ4v) is 3.71. The quantitative estimate of drug-likeness (QED) is 0.424. The summed E-state index contributed by atoms with van der Waals surface area (Å²) in [6.07, 6.45) is 0.734. The van der Waals surface area contributed by atoms with Crippen LogP contribution in [0.25, 0.3) is 0 Å². The second-order valence-corrected chi connectivity index (χ2v) is 7.97. The third kappa shape index (κ3) is 6.53. The van der Waals surface area contributed by atoms with Gasteiger partial charge in [-0.05, 0) is 37.4 Å². The SMILES string of the molecule is Clc1cccc(CN(C2CCC2)[C@H]2CCNC2)c1Cl.O=C(O)C(O)C(O)C(=O)O. The zero-order valence-corrected chi connectivity index (χ0v) is 17.3. The van der Waals surface area contributed by atoms with Crippen LogP contribution < -0.4 is 5.32 Å². The van der Waals surface area contributed by atoms with Crippen molar-refractivity contribution in [2.45, 2.75) is 56.5 Å². The van der Waals surface area contributed by atoms with Gasteiger partial charge in [0.2, 0.25) is 0 Å². The Morgan fingerprint density at radius 2 is 1.69 bits per heavy atom. The molecule has 3 rings (SSSR count). The summed E-state index contributed by atoms with van der Waals surface area (Å²) in [6.45, 7) is 3.17. The Balaban J connectivity index is 0.000000257. The Hall–Kier alpha value is -1.42. The third-order valence-electron chi connectivity index (χ3n) is 5.24.